The standard InChI is InChI=1S/C14H8Cl14O/c15-9(16,11(19,20)13(23,24)25)7-2-1-3-8(6(7)4-5-29)10(17,18)12(21,22)14(26,27)28/h1-3,29H,4-5H2. The minimum absolute atomic E-state index is 0.0113. The van der Waals surface area contributed by atoms with Crippen LogP contribution in [0, 0.1) is 0 Å². The zero-order valence-electron chi connectivity index (χ0n) is 13.4. The topological polar surface area (TPSA) is 20.2 Å². The van der Waals surface area contributed by atoms with Crippen molar-refractivity contribution in [2.45, 2.75) is 31.3 Å². The Morgan fingerprint density at radius 1 is 0.586 bits per heavy atom. The number of rotatable bonds is 6. The van der Waals surface area contributed by atoms with Crippen LogP contribution >= 0.6 is 162 Å². The summed E-state index contributed by atoms with van der Waals surface area (Å²) >= 11 is 85.7. The minimum atomic E-state index is -2.38. The Kier molecular flexibility index (Phi) is 10.5. The number of aliphatic hydroxyl groups excluding tert-OH is 1. The average Bonchev–Trinajstić information content (AvgIpc) is 2.52. The van der Waals surface area contributed by atoms with Gasteiger partial charge in [0.15, 0.2) is 8.67 Å². The van der Waals surface area contributed by atoms with Gasteiger partial charge in [0.05, 0.1) is 0 Å². The van der Waals surface area contributed by atoms with Crippen molar-refractivity contribution in [3.8, 4) is 0 Å². The second-order valence-electron chi connectivity index (χ2n) is 5.60. The van der Waals surface area contributed by atoms with Gasteiger partial charge in [-0.2, -0.15) is 0 Å². The lowest BCUT2D eigenvalue weighted by Gasteiger charge is -2.41. The Balaban J connectivity index is 3.87. The van der Waals surface area contributed by atoms with Gasteiger partial charge in [0.1, 0.15) is 0 Å². The molecule has 0 aliphatic heterocycles. The summed E-state index contributed by atoms with van der Waals surface area (Å²) in [5.74, 6) is 0. The normalized spacial score (nSPS) is 15.0. The number of hydrogen-bond acceptors (Lipinski definition) is 1. The predicted octanol–water partition coefficient (Wildman–Crippen LogP) is 9.57. The summed E-state index contributed by atoms with van der Waals surface area (Å²) < 4.78 is -14.0. The first-order chi connectivity index (χ1) is 12.7. The lowest BCUT2D eigenvalue weighted by atomic mass is 9.91. The third kappa shape index (κ3) is 5.74. The number of halogens is 14. The maximum Gasteiger partial charge on any atom is 0.226 e. The molecule has 15 heteroatoms. The van der Waals surface area contributed by atoms with Crippen LogP contribution in [-0.2, 0) is 15.1 Å². The van der Waals surface area contributed by atoms with E-state index in [2.05, 4.69) is 0 Å². The second kappa shape index (κ2) is 10.1. The van der Waals surface area contributed by atoms with E-state index >= 15 is 0 Å². The molecule has 1 rings (SSSR count). The summed E-state index contributed by atoms with van der Waals surface area (Å²) in [7, 11) is 0. The van der Waals surface area contributed by atoms with E-state index in [0.29, 0.717) is 0 Å². The van der Waals surface area contributed by atoms with Gasteiger partial charge >= 0.3 is 0 Å². The number of alkyl halides is 14. The molecule has 0 bridgehead atoms. The molecule has 29 heavy (non-hydrogen) atoms. The lowest BCUT2D eigenvalue weighted by molar-refractivity contribution is 0.298. The van der Waals surface area contributed by atoms with Crippen molar-refractivity contribution in [1.29, 1.82) is 0 Å². The molecule has 1 N–H and O–H groups in total. The van der Waals surface area contributed by atoms with Crippen LogP contribution in [0.2, 0.25) is 0 Å². The summed E-state index contributed by atoms with van der Waals surface area (Å²) in [5, 5.41) is 9.56. The molecule has 0 unspecified atom stereocenters. The zero-order chi connectivity index (χ0) is 23.3. The van der Waals surface area contributed by atoms with Gasteiger partial charge in [0.2, 0.25) is 16.3 Å². The third-order valence-corrected chi connectivity index (χ3v) is 11.6. The van der Waals surface area contributed by atoms with Crippen LogP contribution in [0.5, 0.6) is 0 Å². The van der Waals surface area contributed by atoms with E-state index in [1.165, 1.54) is 18.2 Å². The highest BCUT2D eigenvalue weighted by Gasteiger charge is 2.63. The second-order valence-corrected chi connectivity index (χ2v) is 15.5. The molecule has 168 valence electrons. The van der Waals surface area contributed by atoms with Crippen LogP contribution in [0.4, 0.5) is 0 Å². The first-order valence-electron chi connectivity index (χ1n) is 7.06. The molecule has 0 amide bonds. The van der Waals surface area contributed by atoms with E-state index < -0.39 is 31.5 Å². The number of aliphatic hydroxyl groups is 1. The SMILES string of the molecule is OCCc1c(C(Cl)(Cl)C(Cl)(Cl)C(Cl)(Cl)Cl)cccc1C(Cl)(Cl)C(Cl)(Cl)C(Cl)(Cl)Cl. The van der Waals surface area contributed by atoms with Gasteiger partial charge < -0.3 is 5.11 Å². The molecule has 0 saturated carbocycles. The van der Waals surface area contributed by atoms with Crippen LogP contribution in [-0.4, -0.2) is 28.0 Å². The fraction of sp³-hybridized carbons (Fsp3) is 0.571. The van der Waals surface area contributed by atoms with Crippen LogP contribution in [0.15, 0.2) is 18.2 Å². The fourth-order valence-electron chi connectivity index (χ4n) is 2.25. The van der Waals surface area contributed by atoms with Crippen molar-refractivity contribution in [3.05, 3.63) is 34.9 Å². The van der Waals surface area contributed by atoms with Crippen LogP contribution in [0.3, 0.4) is 0 Å². The molecule has 0 heterocycles. The first kappa shape index (κ1) is 30.3. The molecule has 0 aromatic heterocycles. The first-order valence-corrected chi connectivity index (χ1v) is 12.4. The molecular formula is C14H8Cl14O. The molecule has 1 aromatic rings. The fourth-order valence-corrected chi connectivity index (χ4v) is 5.36. The van der Waals surface area contributed by atoms with Crippen LogP contribution in [0.25, 0.3) is 0 Å². The highest BCUT2D eigenvalue weighted by Crippen LogP contribution is 2.64. The van der Waals surface area contributed by atoms with Crippen molar-refractivity contribution in [2.75, 3.05) is 6.61 Å². The van der Waals surface area contributed by atoms with Gasteiger partial charge in [-0.1, -0.05) is 181 Å². The monoisotopic (exact) mass is 682 g/mol. The maximum absolute atomic E-state index is 9.56. The molecule has 0 saturated heterocycles. The van der Waals surface area contributed by atoms with Gasteiger partial charge in [-0.05, 0) is 23.1 Å². The molecule has 1 aromatic carbocycles. The highest BCUT2D eigenvalue weighted by molar-refractivity contribution is 6.79. The van der Waals surface area contributed by atoms with E-state index in [4.69, 9.17) is 162 Å². The maximum atomic E-state index is 9.56. The molecule has 0 fully saturated rings. The van der Waals surface area contributed by atoms with Crippen molar-refractivity contribution >= 4 is 162 Å². The van der Waals surface area contributed by atoms with E-state index in [-0.39, 0.29) is 23.1 Å². The van der Waals surface area contributed by atoms with Crippen LogP contribution in [0.1, 0.15) is 16.7 Å². The summed E-state index contributed by atoms with van der Waals surface area (Å²) in [6.07, 6.45) is -0.124. The Hall–Kier alpha value is 3.24. The van der Waals surface area contributed by atoms with E-state index in [1.54, 1.807) is 0 Å². The largest absolute Gasteiger partial charge is 0.396 e. The van der Waals surface area contributed by atoms with E-state index in [0.717, 1.165) is 0 Å². The Bertz CT molecular complexity index is 675. The number of benzene rings is 1. The Morgan fingerprint density at radius 3 is 1.14 bits per heavy atom. The molecule has 0 atom stereocenters. The van der Waals surface area contributed by atoms with Crippen molar-refractivity contribution < 1.29 is 5.11 Å². The van der Waals surface area contributed by atoms with Crippen LogP contribution < -0.4 is 0 Å². The third-order valence-electron chi connectivity index (χ3n) is 3.72. The molecule has 0 aliphatic rings. The summed E-state index contributed by atoms with van der Waals surface area (Å²) in [5.41, 5.74) is 0.107. The lowest BCUT2D eigenvalue weighted by Crippen LogP contribution is -2.47. The summed E-state index contributed by atoms with van der Waals surface area (Å²) in [6, 6.07) is 4.20. The van der Waals surface area contributed by atoms with Crippen molar-refractivity contribution in [3.63, 3.8) is 0 Å². The highest BCUT2D eigenvalue weighted by atomic mass is 35.6. The van der Waals surface area contributed by atoms with Gasteiger partial charge in [-0.15, -0.1) is 0 Å². The summed E-state index contributed by atoms with van der Waals surface area (Å²) in [6.45, 7) is -0.422. The average molecular weight is 689 g/mol. The smallest absolute Gasteiger partial charge is 0.226 e. The Labute approximate surface area is 237 Å². The summed E-state index contributed by atoms with van der Waals surface area (Å²) in [4.78, 5) is 0. The van der Waals surface area contributed by atoms with Gasteiger partial charge in [0, 0.05) is 6.61 Å². The molecule has 0 radical (unpaired) electrons. The van der Waals surface area contributed by atoms with Gasteiger partial charge in [-0.3, -0.25) is 0 Å². The number of hydrogen-bond donors (Lipinski definition) is 1. The molecule has 1 nitrogen and oxygen atoms in total. The predicted molar refractivity (Wildman–Crippen MR) is 133 cm³/mol. The van der Waals surface area contributed by atoms with E-state index in [9.17, 15) is 5.11 Å². The van der Waals surface area contributed by atoms with Gasteiger partial charge in [0.25, 0.3) is 0 Å². The van der Waals surface area contributed by atoms with E-state index in [1.807, 2.05) is 0 Å². The quantitative estimate of drug-likeness (QED) is 0.296. The molecule has 0 spiro atoms. The van der Waals surface area contributed by atoms with Gasteiger partial charge in [-0.25, -0.2) is 0 Å². The zero-order valence-corrected chi connectivity index (χ0v) is 24.0. The minimum Gasteiger partial charge on any atom is -0.396 e. The molecular weight excluding hydrogens is 680 g/mol. The molecule has 0 aliphatic carbocycles. The van der Waals surface area contributed by atoms with Crippen molar-refractivity contribution in [2.24, 2.45) is 0 Å². The Morgan fingerprint density at radius 2 is 0.897 bits per heavy atom. The van der Waals surface area contributed by atoms with Crippen molar-refractivity contribution in [1.82, 2.24) is 0 Å².